The Labute approximate surface area is 106 Å². The van der Waals surface area contributed by atoms with Crippen molar-refractivity contribution < 1.29 is 19.3 Å². The molecule has 1 unspecified atom stereocenters. The second kappa shape index (κ2) is 4.58. The number of aliphatic hydroxyl groups is 2. The van der Waals surface area contributed by atoms with Gasteiger partial charge in [0.1, 0.15) is 18.5 Å². The van der Waals surface area contributed by atoms with Crippen molar-refractivity contribution in [2.24, 2.45) is 0 Å². The number of rotatable bonds is 2. The lowest BCUT2D eigenvalue weighted by Gasteiger charge is -2.23. The maximum atomic E-state index is 14.5. The number of alkyl halides is 1. The molecule has 4 atom stereocenters. The number of terminal acetylenes is 1. The lowest BCUT2D eigenvalue weighted by atomic mass is 9.97. The third-order valence-corrected chi connectivity index (χ3v) is 2.84. The summed E-state index contributed by atoms with van der Waals surface area (Å²) in [5.41, 5.74) is 1.59. The van der Waals surface area contributed by atoms with Crippen molar-refractivity contribution in [3.8, 4) is 12.3 Å². The Morgan fingerprint density at radius 2 is 2.42 bits per heavy atom. The Morgan fingerprint density at radius 3 is 2.95 bits per heavy atom. The van der Waals surface area contributed by atoms with Gasteiger partial charge in [0.2, 0.25) is 11.6 Å². The minimum atomic E-state index is -2.68. The summed E-state index contributed by atoms with van der Waals surface area (Å²) in [5.74, 6) is 1.46. The molecule has 1 aromatic rings. The van der Waals surface area contributed by atoms with E-state index in [1.54, 1.807) is 5.92 Å². The van der Waals surface area contributed by atoms with Crippen molar-refractivity contribution in [3.63, 3.8) is 0 Å². The first-order chi connectivity index (χ1) is 8.93. The molecule has 0 bridgehead atoms. The van der Waals surface area contributed by atoms with Crippen molar-refractivity contribution in [2.75, 3.05) is 12.3 Å². The molecule has 1 saturated heterocycles. The number of anilines is 1. The molecule has 19 heavy (non-hydrogen) atoms. The van der Waals surface area contributed by atoms with Gasteiger partial charge in [-0.25, -0.2) is 14.2 Å². The Balaban J connectivity index is 2.49. The second-order valence-electron chi connectivity index (χ2n) is 3.97. The number of aromatic nitrogens is 3. The fourth-order valence-corrected chi connectivity index (χ4v) is 1.84. The normalized spacial score (nSPS) is 34.1. The van der Waals surface area contributed by atoms with Crippen molar-refractivity contribution in [1.29, 1.82) is 0 Å². The van der Waals surface area contributed by atoms with E-state index in [1.807, 2.05) is 0 Å². The van der Waals surface area contributed by atoms with Crippen LogP contribution in [-0.4, -0.2) is 49.2 Å². The Hall–Kier alpha value is -2.02. The van der Waals surface area contributed by atoms with Gasteiger partial charge >= 0.3 is 5.69 Å². The molecule has 0 aliphatic carbocycles. The average Bonchev–Trinajstić information content (AvgIpc) is 2.63. The van der Waals surface area contributed by atoms with Crippen LogP contribution in [0.4, 0.5) is 10.3 Å². The zero-order chi connectivity index (χ0) is 14.2. The highest BCUT2D eigenvalue weighted by atomic mass is 19.1. The van der Waals surface area contributed by atoms with Crippen LogP contribution in [0.1, 0.15) is 6.23 Å². The number of aliphatic hydroxyl groups excluding tert-OH is 2. The first-order valence-corrected chi connectivity index (χ1v) is 5.25. The van der Waals surface area contributed by atoms with Crippen molar-refractivity contribution in [2.45, 2.75) is 24.1 Å². The Kier molecular flexibility index (Phi) is 3.23. The van der Waals surface area contributed by atoms with Gasteiger partial charge in [0, 0.05) is 0 Å². The quantitative estimate of drug-likeness (QED) is 0.521. The summed E-state index contributed by atoms with van der Waals surface area (Å²) in [6.07, 6.45) is 1.29. The monoisotopic (exact) mass is 270 g/mol. The van der Waals surface area contributed by atoms with Crippen LogP contribution in [0.25, 0.3) is 0 Å². The van der Waals surface area contributed by atoms with Gasteiger partial charge in [-0.1, -0.05) is 5.92 Å². The van der Waals surface area contributed by atoms with Crippen LogP contribution >= 0.6 is 0 Å². The molecule has 1 fully saturated rings. The Bertz CT molecular complexity index is 586. The van der Waals surface area contributed by atoms with Crippen molar-refractivity contribution >= 4 is 5.95 Å². The van der Waals surface area contributed by atoms with E-state index >= 15 is 0 Å². The third-order valence-electron chi connectivity index (χ3n) is 2.84. The van der Waals surface area contributed by atoms with Crippen LogP contribution in [0.15, 0.2) is 11.1 Å². The lowest BCUT2D eigenvalue weighted by Crippen LogP contribution is -2.44. The minimum Gasteiger partial charge on any atom is -0.394 e. The number of hydrogen-bond donors (Lipinski definition) is 3. The van der Waals surface area contributed by atoms with Gasteiger partial charge < -0.3 is 20.7 Å². The molecule has 0 radical (unpaired) electrons. The molecule has 4 N–H and O–H groups in total. The predicted molar refractivity (Wildman–Crippen MR) is 60.4 cm³/mol. The molecule has 0 aromatic carbocycles. The molecule has 9 heteroatoms. The third kappa shape index (κ3) is 1.95. The molecule has 1 aliphatic rings. The van der Waals surface area contributed by atoms with E-state index in [9.17, 15) is 14.3 Å². The molecule has 1 aliphatic heterocycles. The fourth-order valence-electron chi connectivity index (χ4n) is 1.84. The first-order valence-electron chi connectivity index (χ1n) is 5.25. The topological polar surface area (TPSA) is 123 Å². The molecule has 0 saturated carbocycles. The highest BCUT2D eigenvalue weighted by Crippen LogP contribution is 2.40. The highest BCUT2D eigenvalue weighted by molar-refractivity contribution is 5.20. The molecular formula is C10H11FN4O4. The average molecular weight is 270 g/mol. The first kappa shape index (κ1) is 13.4. The number of nitrogen functional groups attached to an aromatic ring is 1. The summed E-state index contributed by atoms with van der Waals surface area (Å²) in [5, 5.41) is 18.7. The highest BCUT2D eigenvalue weighted by Gasteiger charge is 2.57. The fraction of sp³-hybridized carbons (Fsp3) is 0.500. The Morgan fingerprint density at radius 1 is 1.74 bits per heavy atom. The zero-order valence-corrected chi connectivity index (χ0v) is 9.60. The van der Waals surface area contributed by atoms with E-state index in [4.69, 9.17) is 22.0 Å². The standard InChI is InChI=1S/C10H11FN4O4/c1-2-10(11)6(17)5(3-16)19-7(10)15-4-13-8(12)14-9(15)18/h1,4-7,16-17H,3H2,(H2,12,14,18)/t5-,6+,7-,10?/m1/s1. The maximum absolute atomic E-state index is 14.5. The summed E-state index contributed by atoms with van der Waals surface area (Å²) in [4.78, 5) is 18.4. The van der Waals surface area contributed by atoms with Gasteiger partial charge in [0.25, 0.3) is 0 Å². The summed E-state index contributed by atoms with van der Waals surface area (Å²) in [7, 11) is 0. The molecule has 1 aromatic heterocycles. The van der Waals surface area contributed by atoms with Crippen LogP contribution in [0.2, 0.25) is 0 Å². The van der Waals surface area contributed by atoms with Gasteiger partial charge in [0.15, 0.2) is 6.23 Å². The van der Waals surface area contributed by atoms with Gasteiger partial charge in [0.05, 0.1) is 6.61 Å². The number of ether oxygens (including phenoxy) is 1. The predicted octanol–water partition coefficient (Wildman–Crippen LogP) is -2.19. The molecule has 0 spiro atoms. The van der Waals surface area contributed by atoms with Crippen molar-refractivity contribution in [1.82, 2.24) is 14.5 Å². The number of nitrogens with two attached hydrogens (primary N) is 1. The molecule has 8 nitrogen and oxygen atoms in total. The van der Waals surface area contributed by atoms with Crippen LogP contribution in [0.3, 0.4) is 0 Å². The van der Waals surface area contributed by atoms with Crippen molar-refractivity contribution in [3.05, 3.63) is 16.8 Å². The summed E-state index contributed by atoms with van der Waals surface area (Å²) in [6.45, 7) is -0.657. The minimum absolute atomic E-state index is 0.288. The van der Waals surface area contributed by atoms with Gasteiger partial charge in [-0.3, -0.25) is 4.57 Å². The number of hydrogen-bond acceptors (Lipinski definition) is 7. The summed E-state index contributed by atoms with van der Waals surface area (Å²) < 4.78 is 20.3. The molecule has 2 heterocycles. The van der Waals surface area contributed by atoms with E-state index in [2.05, 4.69) is 9.97 Å². The van der Waals surface area contributed by atoms with Crippen LogP contribution in [-0.2, 0) is 4.74 Å². The van der Waals surface area contributed by atoms with E-state index in [0.29, 0.717) is 4.57 Å². The van der Waals surface area contributed by atoms with Crippen LogP contribution < -0.4 is 11.4 Å². The number of nitrogens with zero attached hydrogens (tertiary/aromatic N) is 3. The SMILES string of the molecule is C#CC1(F)[C@@H](O)[C@@H](CO)O[C@H]1n1cnc(N)nc1=O. The van der Waals surface area contributed by atoms with E-state index in [0.717, 1.165) is 6.33 Å². The van der Waals surface area contributed by atoms with Crippen LogP contribution in [0.5, 0.6) is 0 Å². The molecule has 102 valence electrons. The lowest BCUT2D eigenvalue weighted by molar-refractivity contribution is -0.0547. The molecule has 0 amide bonds. The van der Waals surface area contributed by atoms with Crippen LogP contribution in [0, 0.1) is 12.3 Å². The second-order valence-corrected chi connectivity index (χ2v) is 3.97. The van der Waals surface area contributed by atoms with E-state index < -0.39 is 36.4 Å². The van der Waals surface area contributed by atoms with E-state index in [-0.39, 0.29) is 5.95 Å². The van der Waals surface area contributed by atoms with Gasteiger partial charge in [-0.2, -0.15) is 4.98 Å². The maximum Gasteiger partial charge on any atom is 0.354 e. The largest absolute Gasteiger partial charge is 0.394 e. The zero-order valence-electron chi connectivity index (χ0n) is 9.60. The summed E-state index contributed by atoms with van der Waals surface area (Å²) in [6, 6.07) is 0. The summed E-state index contributed by atoms with van der Waals surface area (Å²) >= 11 is 0. The molecule has 2 rings (SSSR count). The van der Waals surface area contributed by atoms with E-state index in [1.165, 1.54) is 0 Å². The van der Waals surface area contributed by atoms with Gasteiger partial charge in [-0.15, -0.1) is 6.42 Å². The number of halogens is 1. The molecular weight excluding hydrogens is 259 g/mol. The van der Waals surface area contributed by atoms with Gasteiger partial charge in [-0.05, 0) is 0 Å². The smallest absolute Gasteiger partial charge is 0.354 e.